The van der Waals surface area contributed by atoms with Gasteiger partial charge in [-0.05, 0) is 30.5 Å². The van der Waals surface area contributed by atoms with Crippen LogP contribution in [0.1, 0.15) is 44.1 Å². The van der Waals surface area contributed by atoms with E-state index in [2.05, 4.69) is 0 Å². The molecule has 2 rings (SSSR count). The number of halogens is 2. The number of rotatable bonds is 4. The van der Waals surface area contributed by atoms with E-state index in [-0.39, 0.29) is 0 Å². The van der Waals surface area contributed by atoms with Crippen LogP contribution in [0.4, 0.5) is 0 Å². The fourth-order valence-electron chi connectivity index (χ4n) is 3.08. The predicted octanol–water partition coefficient (Wildman–Crippen LogP) is 4.64. The summed E-state index contributed by atoms with van der Waals surface area (Å²) in [6.45, 7) is 0. The summed E-state index contributed by atoms with van der Waals surface area (Å²) in [5.41, 5.74) is 0.490. The highest BCUT2D eigenvalue weighted by molar-refractivity contribution is 6.35. The number of aliphatic hydroxyl groups is 1. The Kier molecular flexibility index (Phi) is 5.74. The van der Waals surface area contributed by atoms with E-state index < -0.39 is 11.7 Å². The summed E-state index contributed by atoms with van der Waals surface area (Å²) in [5, 5.41) is 11.9. The lowest BCUT2D eigenvalue weighted by molar-refractivity contribution is -0.111. The van der Waals surface area contributed by atoms with E-state index in [0.717, 1.165) is 31.2 Å². The van der Waals surface area contributed by atoms with Crippen molar-refractivity contribution >= 4 is 23.2 Å². The molecule has 0 bridgehead atoms. The minimum absolute atomic E-state index is 0.431. The van der Waals surface area contributed by atoms with Crippen LogP contribution >= 0.6 is 23.2 Å². The molecule has 0 saturated heterocycles. The molecule has 2 nitrogen and oxygen atoms in total. The molecule has 1 N–H and O–H groups in total. The van der Waals surface area contributed by atoms with E-state index in [1.54, 1.807) is 13.2 Å². The molecule has 20 heavy (non-hydrogen) atoms. The van der Waals surface area contributed by atoms with Crippen molar-refractivity contribution in [2.24, 2.45) is 0 Å². The van der Waals surface area contributed by atoms with E-state index in [9.17, 15) is 5.11 Å². The first-order valence-corrected chi connectivity index (χ1v) is 8.00. The molecule has 0 heterocycles. The van der Waals surface area contributed by atoms with Gasteiger partial charge in [0.05, 0.1) is 11.7 Å². The quantitative estimate of drug-likeness (QED) is 0.820. The number of hydrogen-bond acceptors (Lipinski definition) is 2. The zero-order chi connectivity index (χ0) is 14.6. The summed E-state index contributed by atoms with van der Waals surface area (Å²) < 4.78 is 5.74. The van der Waals surface area contributed by atoms with Crippen LogP contribution < -0.4 is 0 Å². The zero-order valence-electron chi connectivity index (χ0n) is 11.9. The van der Waals surface area contributed by atoms with Crippen LogP contribution in [0.2, 0.25) is 10.0 Å². The Hall–Kier alpha value is -0.280. The molecule has 4 heteroatoms. The third kappa shape index (κ3) is 3.67. The Balaban J connectivity index is 2.13. The van der Waals surface area contributed by atoms with Gasteiger partial charge in [0.25, 0.3) is 0 Å². The number of ether oxygens (including phenoxy) is 1. The Morgan fingerprint density at radius 3 is 2.40 bits per heavy atom. The van der Waals surface area contributed by atoms with Gasteiger partial charge in [0.1, 0.15) is 0 Å². The van der Waals surface area contributed by atoms with Crippen LogP contribution in [-0.4, -0.2) is 23.9 Å². The molecule has 1 unspecified atom stereocenters. The van der Waals surface area contributed by atoms with Crippen LogP contribution in [0.25, 0.3) is 0 Å². The maximum absolute atomic E-state index is 10.7. The van der Waals surface area contributed by atoms with E-state index >= 15 is 0 Å². The molecule has 1 fully saturated rings. The van der Waals surface area contributed by atoms with Crippen LogP contribution in [0.3, 0.4) is 0 Å². The second kappa shape index (κ2) is 7.13. The molecule has 1 aromatic rings. The Morgan fingerprint density at radius 1 is 1.20 bits per heavy atom. The molecule has 1 aliphatic carbocycles. The summed E-state index contributed by atoms with van der Waals surface area (Å²) in [6, 6.07) is 5.41. The summed E-state index contributed by atoms with van der Waals surface area (Å²) >= 11 is 12.1. The smallest absolute Gasteiger partial charge is 0.0939 e. The molecular formula is C16H22Cl2O2. The second-order valence-corrected chi connectivity index (χ2v) is 6.48. The van der Waals surface area contributed by atoms with Crippen molar-refractivity contribution in [2.45, 2.75) is 56.7 Å². The lowest BCUT2D eigenvalue weighted by Gasteiger charge is -2.36. The van der Waals surface area contributed by atoms with Crippen LogP contribution in [0.5, 0.6) is 0 Å². The maximum Gasteiger partial charge on any atom is 0.0939 e. The van der Waals surface area contributed by atoms with Gasteiger partial charge in [-0.1, -0.05) is 55.0 Å². The van der Waals surface area contributed by atoms with E-state index in [1.165, 1.54) is 12.8 Å². The van der Waals surface area contributed by atoms with Gasteiger partial charge in [0.2, 0.25) is 0 Å². The summed E-state index contributed by atoms with van der Waals surface area (Å²) in [5.74, 6) is 0. The SMILES string of the molecule is COC1(C(O)Cc2ccc(Cl)cc2Cl)CCCCCC1. The minimum Gasteiger partial charge on any atom is -0.390 e. The van der Waals surface area contributed by atoms with Crippen LogP contribution in [-0.2, 0) is 11.2 Å². The molecule has 1 aromatic carbocycles. The summed E-state index contributed by atoms with van der Waals surface area (Å²) in [4.78, 5) is 0. The van der Waals surface area contributed by atoms with Crippen LogP contribution in [0.15, 0.2) is 18.2 Å². The first-order valence-electron chi connectivity index (χ1n) is 7.24. The molecule has 1 atom stereocenters. The first-order chi connectivity index (χ1) is 9.57. The van der Waals surface area contributed by atoms with Gasteiger partial charge in [-0.3, -0.25) is 0 Å². The van der Waals surface area contributed by atoms with Crippen molar-refractivity contribution in [3.8, 4) is 0 Å². The fraction of sp³-hybridized carbons (Fsp3) is 0.625. The predicted molar refractivity (Wildman–Crippen MR) is 83.6 cm³/mol. The summed E-state index contributed by atoms with van der Waals surface area (Å²) in [6.07, 6.45) is 6.46. The molecular weight excluding hydrogens is 295 g/mol. The minimum atomic E-state index is -0.538. The van der Waals surface area contributed by atoms with Crippen molar-refractivity contribution in [2.75, 3.05) is 7.11 Å². The normalized spacial score (nSPS) is 20.4. The standard InChI is InChI=1S/C16H22Cl2O2/c1-20-16(8-4-2-3-5-9-16)15(19)10-12-6-7-13(17)11-14(12)18/h6-7,11,15,19H,2-5,8-10H2,1H3. The van der Waals surface area contributed by atoms with Gasteiger partial charge in [-0.25, -0.2) is 0 Å². The number of aliphatic hydroxyl groups excluding tert-OH is 1. The molecule has 1 aliphatic rings. The van der Waals surface area contributed by atoms with Gasteiger partial charge >= 0.3 is 0 Å². The highest BCUT2D eigenvalue weighted by Crippen LogP contribution is 2.35. The van der Waals surface area contributed by atoms with E-state index in [0.29, 0.717) is 16.5 Å². The number of benzene rings is 1. The molecule has 0 radical (unpaired) electrons. The van der Waals surface area contributed by atoms with Crippen molar-refractivity contribution in [3.63, 3.8) is 0 Å². The highest BCUT2D eigenvalue weighted by Gasteiger charge is 2.38. The fourth-order valence-corrected chi connectivity index (χ4v) is 3.57. The molecule has 112 valence electrons. The monoisotopic (exact) mass is 316 g/mol. The lowest BCUT2D eigenvalue weighted by atomic mass is 9.85. The third-order valence-electron chi connectivity index (χ3n) is 4.39. The Labute approximate surface area is 131 Å². The average Bonchev–Trinajstić information content (AvgIpc) is 2.68. The molecule has 0 aromatic heterocycles. The number of hydrogen-bond donors (Lipinski definition) is 1. The van der Waals surface area contributed by atoms with Gasteiger partial charge in [0.15, 0.2) is 0 Å². The van der Waals surface area contributed by atoms with Gasteiger partial charge in [-0.15, -0.1) is 0 Å². The first kappa shape index (κ1) is 16.1. The Morgan fingerprint density at radius 2 is 1.85 bits per heavy atom. The van der Waals surface area contributed by atoms with Gasteiger partial charge < -0.3 is 9.84 Å². The number of methoxy groups -OCH3 is 1. The average molecular weight is 317 g/mol. The van der Waals surface area contributed by atoms with Crippen molar-refractivity contribution in [3.05, 3.63) is 33.8 Å². The van der Waals surface area contributed by atoms with Crippen molar-refractivity contribution < 1.29 is 9.84 Å². The lowest BCUT2D eigenvalue weighted by Crippen LogP contribution is -2.45. The molecule has 1 saturated carbocycles. The van der Waals surface area contributed by atoms with Crippen molar-refractivity contribution in [1.29, 1.82) is 0 Å². The van der Waals surface area contributed by atoms with Gasteiger partial charge in [0, 0.05) is 23.6 Å². The second-order valence-electron chi connectivity index (χ2n) is 5.64. The molecule has 0 amide bonds. The van der Waals surface area contributed by atoms with Gasteiger partial charge in [-0.2, -0.15) is 0 Å². The maximum atomic E-state index is 10.7. The van der Waals surface area contributed by atoms with Crippen molar-refractivity contribution in [1.82, 2.24) is 0 Å². The highest BCUT2D eigenvalue weighted by atomic mass is 35.5. The Bertz CT molecular complexity index is 440. The zero-order valence-corrected chi connectivity index (χ0v) is 13.4. The van der Waals surface area contributed by atoms with E-state index in [4.69, 9.17) is 27.9 Å². The molecule has 0 aliphatic heterocycles. The molecule has 0 spiro atoms. The largest absolute Gasteiger partial charge is 0.390 e. The van der Waals surface area contributed by atoms with E-state index in [1.807, 2.05) is 12.1 Å². The summed E-state index contributed by atoms with van der Waals surface area (Å²) in [7, 11) is 1.71. The topological polar surface area (TPSA) is 29.5 Å². The third-order valence-corrected chi connectivity index (χ3v) is 4.98. The van der Waals surface area contributed by atoms with Crippen LogP contribution in [0, 0.1) is 0 Å².